The molecule has 1 aromatic carbocycles. The van der Waals surface area contributed by atoms with Crippen LogP contribution in [0.2, 0.25) is 0 Å². The molecule has 2 saturated heterocycles. The Morgan fingerprint density at radius 1 is 1.00 bits per heavy atom. The molecule has 0 amide bonds. The Morgan fingerprint density at radius 3 is 2.45 bits per heavy atom. The standard InChI is InChI=1S/C22H26N6O4S/c29-28(30)19-6-7-20(21(15-19)33(31,32)27-9-3-4-10-27)25-13-11-24(12-14-25)16-18-17-26-8-2-1-5-22(26)23-18/h1-2,5-8,15,17H,3-4,9-14,16H2. The number of nitro benzene ring substituents is 1. The number of hydrogen-bond donors (Lipinski definition) is 0. The quantitative estimate of drug-likeness (QED) is 0.402. The lowest BCUT2D eigenvalue weighted by Gasteiger charge is -2.36. The average molecular weight is 471 g/mol. The third kappa shape index (κ3) is 4.31. The molecule has 0 aliphatic carbocycles. The van der Waals surface area contributed by atoms with Gasteiger partial charge in [-0.1, -0.05) is 6.07 Å². The summed E-state index contributed by atoms with van der Waals surface area (Å²) in [6.07, 6.45) is 5.62. The number of imidazole rings is 1. The number of nitro groups is 1. The normalized spacial score (nSPS) is 18.2. The Morgan fingerprint density at radius 2 is 1.76 bits per heavy atom. The molecule has 2 fully saturated rings. The van der Waals surface area contributed by atoms with Crippen LogP contribution in [0.25, 0.3) is 5.65 Å². The molecule has 2 aliphatic heterocycles. The fourth-order valence-corrected chi connectivity index (χ4v) is 6.34. The van der Waals surface area contributed by atoms with Gasteiger partial charge in [0.2, 0.25) is 10.0 Å². The number of benzene rings is 1. The van der Waals surface area contributed by atoms with Gasteiger partial charge in [-0.3, -0.25) is 15.0 Å². The predicted molar refractivity (Wildman–Crippen MR) is 124 cm³/mol. The van der Waals surface area contributed by atoms with Crippen LogP contribution in [0.3, 0.4) is 0 Å². The zero-order valence-electron chi connectivity index (χ0n) is 18.2. The van der Waals surface area contributed by atoms with Gasteiger partial charge in [-0.05, 0) is 31.0 Å². The van der Waals surface area contributed by atoms with Gasteiger partial charge < -0.3 is 9.30 Å². The van der Waals surface area contributed by atoms with E-state index in [2.05, 4.69) is 9.88 Å². The van der Waals surface area contributed by atoms with E-state index in [9.17, 15) is 18.5 Å². The van der Waals surface area contributed by atoms with Crippen LogP contribution < -0.4 is 4.90 Å². The van der Waals surface area contributed by atoms with Crippen molar-refractivity contribution in [2.24, 2.45) is 0 Å². The van der Waals surface area contributed by atoms with E-state index in [1.54, 1.807) is 6.07 Å². The summed E-state index contributed by atoms with van der Waals surface area (Å²) in [4.78, 5) is 19.8. The second-order valence-electron chi connectivity index (χ2n) is 8.48. The minimum absolute atomic E-state index is 0.0346. The van der Waals surface area contributed by atoms with Crippen LogP contribution in [-0.2, 0) is 16.6 Å². The maximum atomic E-state index is 13.3. The predicted octanol–water partition coefficient (Wildman–Crippen LogP) is 2.35. The minimum Gasteiger partial charge on any atom is -0.368 e. The van der Waals surface area contributed by atoms with E-state index in [0.717, 1.165) is 37.3 Å². The van der Waals surface area contributed by atoms with E-state index in [1.807, 2.05) is 39.9 Å². The SMILES string of the molecule is O=[N+]([O-])c1ccc(N2CCN(Cc3cn4ccccc4n3)CC2)c(S(=O)(=O)N2CCCC2)c1. The number of hydrogen-bond acceptors (Lipinski definition) is 7. The Balaban J connectivity index is 1.35. The lowest BCUT2D eigenvalue weighted by molar-refractivity contribution is -0.385. The van der Waals surface area contributed by atoms with Crippen LogP contribution in [0.5, 0.6) is 0 Å². The summed E-state index contributed by atoms with van der Waals surface area (Å²) in [7, 11) is -3.79. The van der Waals surface area contributed by atoms with E-state index in [4.69, 9.17) is 0 Å². The number of nitrogens with zero attached hydrogens (tertiary/aromatic N) is 6. The molecule has 174 valence electrons. The zero-order chi connectivity index (χ0) is 23.0. The van der Waals surface area contributed by atoms with Gasteiger partial charge in [-0.2, -0.15) is 4.31 Å². The van der Waals surface area contributed by atoms with Crippen LogP contribution in [0.15, 0.2) is 53.7 Å². The lowest BCUT2D eigenvalue weighted by Crippen LogP contribution is -2.46. The molecule has 0 unspecified atom stereocenters. The van der Waals surface area contributed by atoms with Gasteiger partial charge in [0, 0.05) is 70.3 Å². The summed E-state index contributed by atoms with van der Waals surface area (Å²) in [5.41, 5.74) is 2.23. The van der Waals surface area contributed by atoms with E-state index < -0.39 is 14.9 Å². The molecule has 2 aromatic heterocycles. The second kappa shape index (κ2) is 8.73. The fraction of sp³-hybridized carbons (Fsp3) is 0.409. The topological polar surface area (TPSA) is 104 Å². The number of anilines is 1. The molecule has 2 aliphatic rings. The summed E-state index contributed by atoms with van der Waals surface area (Å²) in [5.74, 6) is 0. The number of pyridine rings is 1. The van der Waals surface area contributed by atoms with Crippen molar-refractivity contribution in [1.29, 1.82) is 0 Å². The lowest BCUT2D eigenvalue weighted by atomic mass is 10.2. The first-order valence-corrected chi connectivity index (χ1v) is 12.5. The number of aromatic nitrogens is 2. The van der Waals surface area contributed by atoms with Crippen molar-refractivity contribution < 1.29 is 13.3 Å². The van der Waals surface area contributed by atoms with E-state index in [1.165, 1.54) is 16.4 Å². The summed E-state index contributed by atoms with van der Waals surface area (Å²) in [6, 6.07) is 10.1. The first-order chi connectivity index (χ1) is 15.9. The van der Waals surface area contributed by atoms with Crippen molar-refractivity contribution in [3.8, 4) is 0 Å². The molecule has 0 spiro atoms. The maximum Gasteiger partial charge on any atom is 0.270 e. The molecule has 5 rings (SSSR count). The van der Waals surface area contributed by atoms with Crippen molar-refractivity contribution in [2.75, 3.05) is 44.2 Å². The van der Waals surface area contributed by atoms with Gasteiger partial charge in [0.25, 0.3) is 5.69 Å². The van der Waals surface area contributed by atoms with E-state index >= 15 is 0 Å². The molecule has 0 radical (unpaired) electrons. The highest BCUT2D eigenvalue weighted by Crippen LogP contribution is 2.33. The van der Waals surface area contributed by atoms with Crippen molar-refractivity contribution in [3.63, 3.8) is 0 Å². The molecular weight excluding hydrogens is 444 g/mol. The van der Waals surface area contributed by atoms with Crippen molar-refractivity contribution >= 4 is 27.0 Å². The van der Waals surface area contributed by atoms with Gasteiger partial charge in [-0.25, -0.2) is 13.4 Å². The third-order valence-corrected chi connectivity index (χ3v) is 8.28. The molecule has 10 nitrogen and oxygen atoms in total. The molecule has 33 heavy (non-hydrogen) atoms. The average Bonchev–Trinajstić information content (AvgIpc) is 3.49. The molecule has 4 heterocycles. The largest absolute Gasteiger partial charge is 0.368 e. The highest BCUT2D eigenvalue weighted by molar-refractivity contribution is 7.89. The highest BCUT2D eigenvalue weighted by Gasteiger charge is 2.33. The number of fused-ring (bicyclic) bond motifs is 1. The highest BCUT2D eigenvalue weighted by atomic mass is 32.2. The van der Waals surface area contributed by atoms with E-state index in [-0.39, 0.29) is 10.6 Å². The fourth-order valence-electron chi connectivity index (χ4n) is 4.59. The Bertz CT molecular complexity index is 1240. The van der Waals surface area contributed by atoms with Crippen LogP contribution in [-0.4, -0.2) is 71.2 Å². The molecular formula is C22H26N6O4S. The Hall–Kier alpha value is -3.02. The molecule has 0 N–H and O–H groups in total. The maximum absolute atomic E-state index is 13.3. The Labute approximate surface area is 192 Å². The van der Waals surface area contributed by atoms with Crippen molar-refractivity contribution in [1.82, 2.24) is 18.6 Å². The minimum atomic E-state index is -3.79. The van der Waals surface area contributed by atoms with Gasteiger partial charge in [0.15, 0.2) is 0 Å². The van der Waals surface area contributed by atoms with Crippen molar-refractivity contribution in [3.05, 3.63) is 64.6 Å². The molecule has 0 saturated carbocycles. The zero-order valence-corrected chi connectivity index (χ0v) is 19.0. The van der Waals surface area contributed by atoms with Gasteiger partial charge >= 0.3 is 0 Å². The van der Waals surface area contributed by atoms with Crippen LogP contribution in [0, 0.1) is 10.1 Å². The summed E-state index contributed by atoms with van der Waals surface area (Å²) in [5, 5.41) is 11.3. The first-order valence-electron chi connectivity index (χ1n) is 11.1. The number of piperazine rings is 1. The smallest absolute Gasteiger partial charge is 0.270 e. The van der Waals surface area contributed by atoms with E-state index in [0.29, 0.717) is 38.4 Å². The van der Waals surface area contributed by atoms with Gasteiger partial charge in [-0.15, -0.1) is 0 Å². The molecule has 3 aromatic rings. The molecule has 0 bridgehead atoms. The number of sulfonamides is 1. The van der Waals surface area contributed by atoms with Crippen LogP contribution in [0.1, 0.15) is 18.5 Å². The van der Waals surface area contributed by atoms with Gasteiger partial charge in [0.1, 0.15) is 10.5 Å². The number of non-ortho nitro benzene ring substituents is 1. The Kier molecular flexibility index (Phi) is 5.77. The van der Waals surface area contributed by atoms with Crippen LogP contribution in [0.4, 0.5) is 11.4 Å². The summed E-state index contributed by atoms with van der Waals surface area (Å²) < 4.78 is 30.1. The summed E-state index contributed by atoms with van der Waals surface area (Å²) in [6.45, 7) is 4.38. The molecule has 11 heteroatoms. The first kappa shape index (κ1) is 21.8. The third-order valence-electron chi connectivity index (χ3n) is 6.35. The number of rotatable bonds is 6. The molecule has 0 atom stereocenters. The monoisotopic (exact) mass is 470 g/mol. The summed E-state index contributed by atoms with van der Waals surface area (Å²) >= 11 is 0. The second-order valence-corrected chi connectivity index (χ2v) is 10.4. The van der Waals surface area contributed by atoms with Crippen molar-refractivity contribution in [2.45, 2.75) is 24.3 Å². The van der Waals surface area contributed by atoms with Crippen LogP contribution >= 0.6 is 0 Å². The van der Waals surface area contributed by atoms with Gasteiger partial charge in [0.05, 0.1) is 16.3 Å².